The van der Waals surface area contributed by atoms with Crippen LogP contribution in [-0.4, -0.2) is 37.8 Å². The summed E-state index contributed by atoms with van der Waals surface area (Å²) in [7, 11) is 1.65. The van der Waals surface area contributed by atoms with Crippen LogP contribution in [-0.2, 0) is 0 Å². The third-order valence-electron chi connectivity index (χ3n) is 2.76. The number of hydrogen-bond donors (Lipinski definition) is 1. The van der Waals surface area contributed by atoms with Crippen molar-refractivity contribution in [3.8, 4) is 5.88 Å². The Morgan fingerprint density at radius 3 is 3.20 bits per heavy atom. The summed E-state index contributed by atoms with van der Waals surface area (Å²) in [5.41, 5.74) is 1.19. The van der Waals surface area contributed by atoms with Gasteiger partial charge in [-0.15, -0.1) is 0 Å². The predicted octanol–water partition coefficient (Wildman–Crippen LogP) is 0.888. The molecule has 1 N–H and O–H groups in total. The summed E-state index contributed by atoms with van der Waals surface area (Å²) < 4.78 is 5.13. The molecule has 2 heterocycles. The largest absolute Gasteiger partial charge is 0.481 e. The number of pyridine rings is 1. The molecule has 1 aliphatic rings. The molecule has 1 aliphatic heterocycles. The van der Waals surface area contributed by atoms with Gasteiger partial charge in [-0.25, -0.2) is 4.98 Å². The van der Waals surface area contributed by atoms with E-state index in [1.54, 1.807) is 13.3 Å². The molecular formula is C11H17N3O. The van der Waals surface area contributed by atoms with Crippen molar-refractivity contribution in [1.29, 1.82) is 0 Å². The van der Waals surface area contributed by atoms with Crippen LogP contribution in [0.25, 0.3) is 0 Å². The molecule has 4 nitrogen and oxygen atoms in total. The first-order valence-electron chi connectivity index (χ1n) is 5.28. The number of aromatic nitrogens is 1. The first-order chi connectivity index (χ1) is 7.31. The lowest BCUT2D eigenvalue weighted by molar-refractivity contribution is 0.397. The molecular weight excluding hydrogens is 190 g/mol. The van der Waals surface area contributed by atoms with E-state index >= 15 is 0 Å². The van der Waals surface area contributed by atoms with E-state index in [1.165, 1.54) is 5.69 Å². The van der Waals surface area contributed by atoms with E-state index in [9.17, 15) is 0 Å². The van der Waals surface area contributed by atoms with Crippen molar-refractivity contribution in [3.63, 3.8) is 0 Å². The summed E-state index contributed by atoms with van der Waals surface area (Å²) in [6.07, 6.45) is 1.79. The molecule has 0 spiro atoms. The Hall–Kier alpha value is -1.29. The SMILES string of the molecule is COc1cc(N2CCNC[C@H]2C)ccn1. The molecule has 0 aliphatic carbocycles. The highest BCUT2D eigenvalue weighted by Gasteiger charge is 2.18. The quantitative estimate of drug-likeness (QED) is 0.781. The summed E-state index contributed by atoms with van der Waals surface area (Å²) in [6.45, 7) is 5.33. The van der Waals surface area contributed by atoms with Crippen LogP contribution in [0.4, 0.5) is 5.69 Å². The highest BCUT2D eigenvalue weighted by atomic mass is 16.5. The highest BCUT2D eigenvalue weighted by molar-refractivity contribution is 5.49. The molecule has 15 heavy (non-hydrogen) atoms. The molecule has 1 fully saturated rings. The lowest BCUT2D eigenvalue weighted by Crippen LogP contribution is -2.49. The van der Waals surface area contributed by atoms with E-state index in [0.717, 1.165) is 19.6 Å². The van der Waals surface area contributed by atoms with Crippen molar-refractivity contribution in [2.45, 2.75) is 13.0 Å². The first-order valence-corrected chi connectivity index (χ1v) is 5.28. The number of hydrogen-bond acceptors (Lipinski definition) is 4. The standard InChI is InChI=1S/C11H17N3O/c1-9-8-12-5-6-14(9)10-3-4-13-11(7-10)15-2/h3-4,7,9,12H,5-6,8H2,1-2H3/t9-/m1/s1. The number of anilines is 1. The molecule has 0 radical (unpaired) electrons. The van der Waals surface area contributed by atoms with E-state index in [-0.39, 0.29) is 0 Å². The zero-order chi connectivity index (χ0) is 10.7. The Morgan fingerprint density at radius 2 is 2.47 bits per heavy atom. The van der Waals surface area contributed by atoms with Crippen LogP contribution in [0.3, 0.4) is 0 Å². The molecule has 1 aromatic rings. The summed E-state index contributed by atoms with van der Waals surface area (Å²) in [5, 5.41) is 3.37. The van der Waals surface area contributed by atoms with Gasteiger partial charge in [-0.1, -0.05) is 0 Å². The number of nitrogens with one attached hydrogen (secondary N) is 1. The Bertz CT molecular complexity index is 329. The van der Waals surface area contributed by atoms with Crippen LogP contribution in [0.15, 0.2) is 18.3 Å². The molecule has 0 amide bonds. The van der Waals surface area contributed by atoms with Crippen LogP contribution >= 0.6 is 0 Å². The molecule has 4 heteroatoms. The fraction of sp³-hybridized carbons (Fsp3) is 0.545. The Kier molecular flexibility index (Phi) is 3.06. The fourth-order valence-corrected chi connectivity index (χ4v) is 1.91. The molecule has 1 atom stereocenters. The topological polar surface area (TPSA) is 37.4 Å². The number of ether oxygens (including phenoxy) is 1. The second-order valence-electron chi connectivity index (χ2n) is 3.80. The van der Waals surface area contributed by atoms with Gasteiger partial charge in [0.15, 0.2) is 0 Å². The zero-order valence-electron chi connectivity index (χ0n) is 9.23. The van der Waals surface area contributed by atoms with Gasteiger partial charge in [-0.2, -0.15) is 0 Å². The van der Waals surface area contributed by atoms with Gasteiger partial charge in [-0.05, 0) is 13.0 Å². The lowest BCUT2D eigenvalue weighted by atomic mass is 10.2. The van der Waals surface area contributed by atoms with Crippen molar-refractivity contribution >= 4 is 5.69 Å². The first kappa shape index (κ1) is 10.2. The normalized spacial score (nSPS) is 21.5. The second-order valence-corrected chi connectivity index (χ2v) is 3.80. The molecule has 0 unspecified atom stereocenters. The number of piperazine rings is 1. The van der Waals surface area contributed by atoms with Crippen molar-refractivity contribution in [2.75, 3.05) is 31.6 Å². The Morgan fingerprint density at radius 1 is 1.60 bits per heavy atom. The zero-order valence-corrected chi connectivity index (χ0v) is 9.23. The van der Waals surface area contributed by atoms with E-state index in [1.807, 2.05) is 12.1 Å². The lowest BCUT2D eigenvalue weighted by Gasteiger charge is -2.35. The third kappa shape index (κ3) is 2.21. The number of nitrogens with zero attached hydrogens (tertiary/aromatic N) is 2. The van der Waals surface area contributed by atoms with Gasteiger partial charge in [0.1, 0.15) is 0 Å². The average Bonchev–Trinajstić information content (AvgIpc) is 2.30. The monoisotopic (exact) mass is 207 g/mol. The van der Waals surface area contributed by atoms with Gasteiger partial charge < -0.3 is 15.0 Å². The van der Waals surface area contributed by atoms with Gasteiger partial charge in [0.2, 0.25) is 5.88 Å². The molecule has 2 rings (SSSR count). The summed E-state index contributed by atoms with van der Waals surface area (Å²) in [6, 6.07) is 4.54. The summed E-state index contributed by atoms with van der Waals surface area (Å²) in [5.74, 6) is 0.679. The second kappa shape index (κ2) is 4.49. The molecule has 0 bridgehead atoms. The van der Waals surface area contributed by atoms with Gasteiger partial charge in [0.05, 0.1) is 7.11 Å². The highest BCUT2D eigenvalue weighted by Crippen LogP contribution is 2.21. The van der Waals surface area contributed by atoms with E-state index in [0.29, 0.717) is 11.9 Å². The fourth-order valence-electron chi connectivity index (χ4n) is 1.91. The van der Waals surface area contributed by atoms with E-state index in [2.05, 4.69) is 22.1 Å². The smallest absolute Gasteiger partial charge is 0.214 e. The van der Waals surface area contributed by atoms with Gasteiger partial charge in [-0.3, -0.25) is 0 Å². The maximum Gasteiger partial charge on any atom is 0.214 e. The maximum atomic E-state index is 5.13. The van der Waals surface area contributed by atoms with Gasteiger partial charge in [0.25, 0.3) is 0 Å². The molecule has 0 saturated carbocycles. The predicted molar refractivity (Wildman–Crippen MR) is 60.5 cm³/mol. The summed E-state index contributed by atoms with van der Waals surface area (Å²) >= 11 is 0. The van der Waals surface area contributed by atoms with E-state index < -0.39 is 0 Å². The van der Waals surface area contributed by atoms with Crippen LogP contribution in [0.1, 0.15) is 6.92 Å². The van der Waals surface area contributed by atoms with Gasteiger partial charge >= 0.3 is 0 Å². The number of rotatable bonds is 2. The van der Waals surface area contributed by atoms with Crippen molar-refractivity contribution in [3.05, 3.63) is 18.3 Å². The summed E-state index contributed by atoms with van der Waals surface area (Å²) in [4.78, 5) is 6.49. The molecule has 1 saturated heterocycles. The van der Waals surface area contributed by atoms with Crippen molar-refractivity contribution in [2.24, 2.45) is 0 Å². The average molecular weight is 207 g/mol. The Balaban J connectivity index is 2.19. The van der Waals surface area contributed by atoms with Crippen LogP contribution < -0.4 is 15.0 Å². The molecule has 82 valence electrons. The van der Waals surface area contributed by atoms with Crippen molar-refractivity contribution in [1.82, 2.24) is 10.3 Å². The third-order valence-corrected chi connectivity index (χ3v) is 2.76. The molecule has 1 aromatic heterocycles. The van der Waals surface area contributed by atoms with Crippen LogP contribution in [0.2, 0.25) is 0 Å². The minimum absolute atomic E-state index is 0.519. The van der Waals surface area contributed by atoms with E-state index in [4.69, 9.17) is 4.74 Å². The Labute approximate surface area is 90.3 Å². The minimum atomic E-state index is 0.519. The molecule has 0 aromatic carbocycles. The van der Waals surface area contributed by atoms with Gasteiger partial charge in [0, 0.05) is 43.6 Å². The maximum absolute atomic E-state index is 5.13. The number of methoxy groups -OCH3 is 1. The van der Waals surface area contributed by atoms with Crippen molar-refractivity contribution < 1.29 is 4.74 Å². The van der Waals surface area contributed by atoms with Crippen LogP contribution in [0, 0.1) is 0 Å². The van der Waals surface area contributed by atoms with Crippen LogP contribution in [0.5, 0.6) is 5.88 Å². The minimum Gasteiger partial charge on any atom is -0.481 e.